The van der Waals surface area contributed by atoms with Crippen LogP contribution in [0.15, 0.2) is 17.5 Å². The summed E-state index contributed by atoms with van der Waals surface area (Å²) in [6.07, 6.45) is 1.19. The van der Waals surface area contributed by atoms with Crippen molar-refractivity contribution in [3.8, 4) is 0 Å². The lowest BCUT2D eigenvalue weighted by Gasteiger charge is -2.29. The first-order valence-corrected chi connectivity index (χ1v) is 6.60. The molecule has 15 heavy (non-hydrogen) atoms. The monoisotopic (exact) mass is 226 g/mol. The van der Waals surface area contributed by atoms with Gasteiger partial charge in [-0.2, -0.15) is 0 Å². The number of thiophene rings is 1. The molecule has 0 saturated carbocycles. The molecule has 0 fully saturated rings. The van der Waals surface area contributed by atoms with Gasteiger partial charge in [-0.3, -0.25) is 4.90 Å². The second kappa shape index (κ2) is 6.26. The van der Waals surface area contributed by atoms with Crippen LogP contribution in [0, 0.1) is 0 Å². The van der Waals surface area contributed by atoms with Gasteiger partial charge in [0.1, 0.15) is 0 Å². The lowest BCUT2D eigenvalue weighted by molar-refractivity contribution is 0.203. The maximum atomic E-state index is 6.18. The largest absolute Gasteiger partial charge is 0.322 e. The molecule has 1 heterocycles. The van der Waals surface area contributed by atoms with Gasteiger partial charge in [-0.05, 0) is 31.3 Å². The van der Waals surface area contributed by atoms with Crippen LogP contribution in [0.2, 0.25) is 0 Å². The standard InChI is InChI=1S/C12H22N2S/c1-4-10(3)14(5-2)9-11(13)12-7-6-8-15-12/h6-8,10-11H,4-5,9,13H2,1-3H3. The van der Waals surface area contributed by atoms with Crippen molar-refractivity contribution in [2.75, 3.05) is 13.1 Å². The molecule has 2 nitrogen and oxygen atoms in total. The topological polar surface area (TPSA) is 29.3 Å². The summed E-state index contributed by atoms with van der Waals surface area (Å²) in [5, 5.41) is 2.09. The van der Waals surface area contributed by atoms with Gasteiger partial charge in [0.15, 0.2) is 0 Å². The molecule has 0 aromatic carbocycles. The zero-order chi connectivity index (χ0) is 11.3. The van der Waals surface area contributed by atoms with Crippen LogP contribution in [0.5, 0.6) is 0 Å². The molecule has 0 amide bonds. The van der Waals surface area contributed by atoms with Crippen LogP contribution in [0.1, 0.15) is 38.1 Å². The minimum Gasteiger partial charge on any atom is -0.322 e. The molecule has 2 unspecified atom stereocenters. The lowest BCUT2D eigenvalue weighted by atomic mass is 10.1. The van der Waals surface area contributed by atoms with Crippen LogP contribution in [0.25, 0.3) is 0 Å². The minimum absolute atomic E-state index is 0.166. The van der Waals surface area contributed by atoms with Crippen LogP contribution >= 0.6 is 11.3 Å². The van der Waals surface area contributed by atoms with Gasteiger partial charge in [0.05, 0.1) is 6.04 Å². The van der Waals surface area contributed by atoms with E-state index in [1.807, 2.05) is 0 Å². The molecule has 0 saturated heterocycles. The number of hydrogen-bond donors (Lipinski definition) is 1. The Balaban J connectivity index is 2.52. The van der Waals surface area contributed by atoms with Crippen molar-refractivity contribution in [3.05, 3.63) is 22.4 Å². The van der Waals surface area contributed by atoms with E-state index in [2.05, 4.69) is 43.2 Å². The summed E-state index contributed by atoms with van der Waals surface area (Å²) in [6, 6.07) is 4.99. The zero-order valence-electron chi connectivity index (χ0n) is 9.94. The summed E-state index contributed by atoms with van der Waals surface area (Å²) >= 11 is 1.75. The lowest BCUT2D eigenvalue weighted by Crippen LogP contribution is -2.37. The van der Waals surface area contributed by atoms with E-state index >= 15 is 0 Å². The molecule has 0 aliphatic heterocycles. The van der Waals surface area contributed by atoms with Crippen LogP contribution in [0.3, 0.4) is 0 Å². The molecule has 0 bridgehead atoms. The number of nitrogens with two attached hydrogens (primary N) is 1. The average Bonchev–Trinajstić information content (AvgIpc) is 2.77. The smallest absolute Gasteiger partial charge is 0.0519 e. The van der Waals surface area contributed by atoms with Gasteiger partial charge in [-0.15, -0.1) is 11.3 Å². The second-order valence-electron chi connectivity index (χ2n) is 3.97. The van der Waals surface area contributed by atoms with E-state index in [4.69, 9.17) is 5.73 Å². The summed E-state index contributed by atoms with van der Waals surface area (Å²) in [6.45, 7) is 8.74. The van der Waals surface area contributed by atoms with Crippen molar-refractivity contribution >= 4 is 11.3 Å². The average molecular weight is 226 g/mol. The predicted octanol–water partition coefficient (Wildman–Crippen LogP) is 2.87. The van der Waals surface area contributed by atoms with Crippen molar-refractivity contribution in [3.63, 3.8) is 0 Å². The van der Waals surface area contributed by atoms with Gasteiger partial charge < -0.3 is 5.73 Å². The molecule has 86 valence electrons. The fraction of sp³-hybridized carbons (Fsp3) is 0.667. The van der Waals surface area contributed by atoms with Gasteiger partial charge in [-0.25, -0.2) is 0 Å². The quantitative estimate of drug-likeness (QED) is 0.808. The Morgan fingerprint density at radius 1 is 1.47 bits per heavy atom. The van der Waals surface area contributed by atoms with Crippen LogP contribution in [-0.2, 0) is 0 Å². The third-order valence-corrected chi connectivity index (χ3v) is 3.96. The maximum Gasteiger partial charge on any atom is 0.0519 e. The molecule has 0 spiro atoms. The Morgan fingerprint density at radius 2 is 2.20 bits per heavy atom. The normalized spacial score (nSPS) is 15.5. The van der Waals surface area contributed by atoms with Gasteiger partial charge in [0.2, 0.25) is 0 Å². The van der Waals surface area contributed by atoms with Crippen LogP contribution in [0.4, 0.5) is 0 Å². The Bertz CT molecular complexity index is 259. The fourth-order valence-corrected chi connectivity index (χ4v) is 2.44. The number of hydrogen-bond acceptors (Lipinski definition) is 3. The molecular formula is C12H22N2S. The highest BCUT2D eigenvalue weighted by molar-refractivity contribution is 7.10. The van der Waals surface area contributed by atoms with E-state index in [-0.39, 0.29) is 6.04 Å². The van der Waals surface area contributed by atoms with E-state index in [9.17, 15) is 0 Å². The first-order chi connectivity index (χ1) is 7.19. The fourth-order valence-electron chi connectivity index (χ4n) is 1.72. The molecule has 2 N–H and O–H groups in total. The molecule has 1 aromatic heterocycles. The SMILES string of the molecule is CCC(C)N(CC)CC(N)c1cccs1. The van der Waals surface area contributed by atoms with E-state index in [1.165, 1.54) is 11.3 Å². The van der Waals surface area contributed by atoms with Crippen molar-refractivity contribution in [2.45, 2.75) is 39.3 Å². The Hall–Kier alpha value is -0.380. The minimum atomic E-state index is 0.166. The van der Waals surface area contributed by atoms with Crippen LogP contribution < -0.4 is 5.73 Å². The van der Waals surface area contributed by atoms with Gasteiger partial charge in [0.25, 0.3) is 0 Å². The summed E-state index contributed by atoms with van der Waals surface area (Å²) in [7, 11) is 0. The van der Waals surface area contributed by atoms with Gasteiger partial charge in [0, 0.05) is 17.5 Å². The third-order valence-electron chi connectivity index (χ3n) is 2.96. The highest BCUT2D eigenvalue weighted by Gasteiger charge is 2.15. The summed E-state index contributed by atoms with van der Waals surface area (Å²) in [5.74, 6) is 0. The number of likely N-dealkylation sites (N-methyl/N-ethyl adjacent to an activating group) is 1. The van der Waals surface area contributed by atoms with Crippen LogP contribution in [-0.4, -0.2) is 24.0 Å². The molecule has 1 aromatic rings. The highest BCUT2D eigenvalue weighted by Crippen LogP contribution is 2.18. The molecule has 1 rings (SSSR count). The first-order valence-electron chi connectivity index (χ1n) is 5.72. The van der Waals surface area contributed by atoms with E-state index < -0.39 is 0 Å². The van der Waals surface area contributed by atoms with E-state index in [1.54, 1.807) is 11.3 Å². The molecule has 0 radical (unpaired) electrons. The third kappa shape index (κ3) is 3.59. The van der Waals surface area contributed by atoms with Crippen molar-refractivity contribution in [2.24, 2.45) is 5.73 Å². The molecule has 2 atom stereocenters. The van der Waals surface area contributed by atoms with E-state index in [0.29, 0.717) is 6.04 Å². The Morgan fingerprint density at radius 3 is 2.67 bits per heavy atom. The molecule has 0 aliphatic rings. The number of rotatable bonds is 6. The molecule has 0 aliphatic carbocycles. The number of nitrogens with zero attached hydrogens (tertiary/aromatic N) is 1. The highest BCUT2D eigenvalue weighted by atomic mass is 32.1. The van der Waals surface area contributed by atoms with Gasteiger partial charge >= 0.3 is 0 Å². The summed E-state index contributed by atoms with van der Waals surface area (Å²) in [5.41, 5.74) is 6.18. The first kappa shape index (κ1) is 12.7. The summed E-state index contributed by atoms with van der Waals surface area (Å²) in [4.78, 5) is 3.74. The zero-order valence-corrected chi connectivity index (χ0v) is 10.8. The second-order valence-corrected chi connectivity index (χ2v) is 4.95. The maximum absolute atomic E-state index is 6.18. The summed E-state index contributed by atoms with van der Waals surface area (Å²) < 4.78 is 0. The van der Waals surface area contributed by atoms with Gasteiger partial charge in [-0.1, -0.05) is 19.9 Å². The van der Waals surface area contributed by atoms with Crippen molar-refractivity contribution in [1.82, 2.24) is 4.90 Å². The Labute approximate surface area is 97.1 Å². The van der Waals surface area contributed by atoms with Crippen molar-refractivity contribution < 1.29 is 0 Å². The van der Waals surface area contributed by atoms with Crippen molar-refractivity contribution in [1.29, 1.82) is 0 Å². The predicted molar refractivity (Wildman–Crippen MR) is 68.2 cm³/mol. The van der Waals surface area contributed by atoms with E-state index in [0.717, 1.165) is 13.1 Å². The Kier molecular flexibility index (Phi) is 5.29. The molecule has 3 heteroatoms. The molecular weight excluding hydrogens is 204 g/mol.